The Hall–Kier alpha value is -3.62. The molecule has 7 rings (SSSR count). The molecule has 3 aromatic carbocycles. The fourth-order valence-electron chi connectivity index (χ4n) is 4.90. The number of imidazole rings is 1. The van der Waals surface area contributed by atoms with Crippen LogP contribution in [0.1, 0.15) is 19.3 Å². The van der Waals surface area contributed by atoms with E-state index in [2.05, 4.69) is 106 Å². The fraction of sp³-hybridized carbons (Fsp3) is 0.133. The first-order chi connectivity index (χ1) is 17.3. The molecule has 1 radical (unpaired) electrons. The number of aromatic nitrogens is 4. The number of fused-ring (bicyclic) bond motifs is 2. The molecule has 0 spiro atoms. The number of nitrogens with zero attached hydrogens (tertiary/aromatic N) is 3. The van der Waals surface area contributed by atoms with Crippen molar-refractivity contribution in [3.63, 3.8) is 0 Å². The quantitative estimate of drug-likeness (QED) is 0.266. The Kier molecular flexibility index (Phi) is 5.06. The molecule has 6 aromatic rings. The third kappa shape index (κ3) is 3.69. The molecule has 5 heteroatoms. The van der Waals surface area contributed by atoms with Crippen LogP contribution in [0, 0.1) is 0 Å². The van der Waals surface area contributed by atoms with E-state index in [0.29, 0.717) is 0 Å². The van der Waals surface area contributed by atoms with Gasteiger partial charge in [-0.2, -0.15) is 5.10 Å². The normalized spacial score (nSPS) is 14.3. The SMILES string of the molecule is c1ccc(-c2c(-c3ccc([As]C4CCC4)cc3)nc3c(-c4ccc5cn[nH]c5c4)cccn23)cc1. The Balaban J connectivity index is 1.40. The van der Waals surface area contributed by atoms with E-state index in [-0.39, 0.29) is 15.8 Å². The summed E-state index contributed by atoms with van der Waals surface area (Å²) in [5.74, 6) is 0. The molecular weight excluding hydrogens is 491 g/mol. The van der Waals surface area contributed by atoms with Gasteiger partial charge in [0.2, 0.25) is 0 Å². The van der Waals surface area contributed by atoms with Gasteiger partial charge in [-0.15, -0.1) is 0 Å². The Morgan fingerprint density at radius 2 is 1.66 bits per heavy atom. The van der Waals surface area contributed by atoms with Gasteiger partial charge in [-0.25, -0.2) is 0 Å². The molecule has 1 aliphatic rings. The fourth-order valence-corrected chi connectivity index (χ4v) is 7.77. The van der Waals surface area contributed by atoms with Crippen molar-refractivity contribution in [2.75, 3.05) is 0 Å². The molecule has 4 nitrogen and oxygen atoms in total. The molecule has 1 fully saturated rings. The first-order valence-electron chi connectivity index (χ1n) is 12.1. The van der Waals surface area contributed by atoms with Gasteiger partial charge < -0.3 is 0 Å². The van der Waals surface area contributed by atoms with Gasteiger partial charge in [0, 0.05) is 0 Å². The minimum absolute atomic E-state index is 0.274. The van der Waals surface area contributed by atoms with Crippen molar-refractivity contribution in [3.8, 4) is 33.6 Å². The van der Waals surface area contributed by atoms with Crippen molar-refractivity contribution in [2.45, 2.75) is 24.0 Å². The van der Waals surface area contributed by atoms with Gasteiger partial charge in [0.25, 0.3) is 0 Å². The average Bonchev–Trinajstić information content (AvgIpc) is 3.51. The molecule has 0 amide bonds. The summed E-state index contributed by atoms with van der Waals surface area (Å²) in [6, 6.07) is 30.5. The van der Waals surface area contributed by atoms with Gasteiger partial charge in [-0.05, 0) is 0 Å². The summed E-state index contributed by atoms with van der Waals surface area (Å²) in [6.07, 6.45) is 8.23. The van der Waals surface area contributed by atoms with Crippen molar-refractivity contribution < 1.29 is 0 Å². The first-order valence-corrected chi connectivity index (χ1v) is 14.2. The van der Waals surface area contributed by atoms with Crippen LogP contribution in [0.2, 0.25) is 4.71 Å². The van der Waals surface area contributed by atoms with Crippen LogP contribution >= 0.6 is 0 Å². The van der Waals surface area contributed by atoms with Crippen molar-refractivity contribution >= 4 is 36.7 Å². The van der Waals surface area contributed by atoms with Gasteiger partial charge >= 0.3 is 200 Å². The van der Waals surface area contributed by atoms with Gasteiger partial charge in [0.1, 0.15) is 0 Å². The van der Waals surface area contributed by atoms with Crippen LogP contribution in [-0.2, 0) is 0 Å². The number of hydrogen-bond donors (Lipinski definition) is 1. The number of pyridine rings is 1. The molecule has 3 heterocycles. The Morgan fingerprint density at radius 1 is 0.829 bits per heavy atom. The molecule has 0 aliphatic heterocycles. The second kappa shape index (κ2) is 8.55. The second-order valence-corrected chi connectivity index (χ2v) is 12.4. The van der Waals surface area contributed by atoms with Crippen LogP contribution in [0.4, 0.5) is 0 Å². The number of hydrogen-bond acceptors (Lipinski definition) is 2. The summed E-state index contributed by atoms with van der Waals surface area (Å²) in [6.45, 7) is 0. The summed E-state index contributed by atoms with van der Waals surface area (Å²) in [5, 5.41) is 8.39. The van der Waals surface area contributed by atoms with Crippen molar-refractivity contribution in [2.24, 2.45) is 0 Å². The van der Waals surface area contributed by atoms with Gasteiger partial charge in [-0.1, -0.05) is 0 Å². The van der Waals surface area contributed by atoms with E-state index in [1.165, 1.54) is 34.7 Å². The maximum atomic E-state index is 5.27. The topological polar surface area (TPSA) is 46.0 Å². The number of rotatable bonds is 5. The number of benzene rings is 3. The Labute approximate surface area is 210 Å². The Morgan fingerprint density at radius 3 is 2.46 bits per heavy atom. The summed E-state index contributed by atoms with van der Waals surface area (Å²) < 4.78 is 4.72. The van der Waals surface area contributed by atoms with E-state index in [1.807, 2.05) is 6.20 Å². The monoisotopic (exact) mass is 515 g/mol. The molecule has 1 saturated carbocycles. The predicted octanol–water partition coefficient (Wildman–Crippen LogP) is 6.51. The van der Waals surface area contributed by atoms with Gasteiger partial charge in [0.15, 0.2) is 0 Å². The molecule has 0 atom stereocenters. The molecule has 3 aromatic heterocycles. The Bertz CT molecular complexity index is 1640. The van der Waals surface area contributed by atoms with Crippen molar-refractivity contribution in [1.29, 1.82) is 0 Å². The van der Waals surface area contributed by atoms with Crippen molar-refractivity contribution in [3.05, 3.63) is 97.3 Å². The summed E-state index contributed by atoms with van der Waals surface area (Å²) >= 11 is 0.274. The van der Waals surface area contributed by atoms with E-state index >= 15 is 0 Å². The van der Waals surface area contributed by atoms with E-state index < -0.39 is 0 Å². The zero-order valence-corrected chi connectivity index (χ0v) is 21.1. The molecule has 0 saturated heterocycles. The number of aromatic amines is 1. The maximum absolute atomic E-state index is 5.27. The zero-order valence-electron chi connectivity index (χ0n) is 19.2. The molecule has 169 valence electrons. The standard InChI is InChI=1S/C30H24AsN4/c1-2-6-21(7-3-1)29-28(20-13-15-25(16-14-20)31-24-8-4-9-24)33-30-26(10-5-17-35(29)30)22-11-12-23-19-32-34-27(23)18-22/h1-3,5-7,10-19,24H,4,8-9H2,(H,32,34). The second-order valence-electron chi connectivity index (χ2n) is 9.22. The summed E-state index contributed by atoms with van der Waals surface area (Å²) in [7, 11) is 0. The van der Waals surface area contributed by atoms with Gasteiger partial charge in [-0.3, -0.25) is 0 Å². The van der Waals surface area contributed by atoms with Crippen LogP contribution in [-0.4, -0.2) is 35.3 Å². The van der Waals surface area contributed by atoms with Gasteiger partial charge in [0.05, 0.1) is 6.20 Å². The van der Waals surface area contributed by atoms with E-state index in [1.54, 1.807) is 0 Å². The van der Waals surface area contributed by atoms with E-state index in [9.17, 15) is 0 Å². The van der Waals surface area contributed by atoms with Crippen molar-refractivity contribution in [1.82, 2.24) is 19.6 Å². The molecular formula is C30H24AsN4. The van der Waals surface area contributed by atoms with E-state index in [4.69, 9.17) is 4.98 Å². The van der Waals surface area contributed by atoms with Crippen LogP contribution < -0.4 is 4.35 Å². The molecule has 1 N–H and O–H groups in total. The molecule has 1 aliphatic carbocycles. The number of nitrogens with one attached hydrogen (secondary N) is 1. The van der Waals surface area contributed by atoms with E-state index in [0.717, 1.165) is 43.8 Å². The van der Waals surface area contributed by atoms with Crippen LogP contribution in [0.3, 0.4) is 0 Å². The zero-order chi connectivity index (χ0) is 23.2. The summed E-state index contributed by atoms with van der Waals surface area (Å²) in [5.41, 5.74) is 8.72. The minimum atomic E-state index is 0.274. The third-order valence-corrected chi connectivity index (χ3v) is 10.1. The van der Waals surface area contributed by atoms with Crippen LogP contribution in [0.25, 0.3) is 50.2 Å². The first kappa shape index (κ1) is 20.7. The molecule has 0 unspecified atom stereocenters. The third-order valence-electron chi connectivity index (χ3n) is 7.00. The summed E-state index contributed by atoms with van der Waals surface area (Å²) in [4.78, 5) is 5.27. The van der Waals surface area contributed by atoms with Crippen LogP contribution in [0.15, 0.2) is 97.3 Å². The molecule has 35 heavy (non-hydrogen) atoms. The molecule has 0 bridgehead atoms. The predicted molar refractivity (Wildman–Crippen MR) is 144 cm³/mol. The average molecular weight is 515 g/mol. The number of H-pyrrole nitrogens is 1. The van der Waals surface area contributed by atoms with Crippen LogP contribution in [0.5, 0.6) is 0 Å².